The third-order valence-electron chi connectivity index (χ3n) is 3.84. The van der Waals surface area contributed by atoms with Gasteiger partial charge in [-0.05, 0) is 23.6 Å². The molecule has 0 aliphatic heterocycles. The molecule has 1 N–H and O–H groups in total. The van der Waals surface area contributed by atoms with Crippen LogP contribution in [0, 0.1) is 0 Å². The number of sulfonamides is 1. The summed E-state index contributed by atoms with van der Waals surface area (Å²) in [6, 6.07) is 6.57. The molecule has 0 saturated carbocycles. The maximum Gasteiger partial charge on any atom is 0.349 e. The topological polar surface area (TPSA) is 125 Å². The average Bonchev–Trinajstić information content (AvgIpc) is 3.29. The summed E-state index contributed by atoms with van der Waals surface area (Å²) in [5.41, 5.74) is 0.132. The highest BCUT2D eigenvalue weighted by atomic mass is 32.2. The van der Waals surface area contributed by atoms with Crippen LogP contribution in [0.5, 0.6) is 0 Å². The van der Waals surface area contributed by atoms with Crippen LogP contribution in [0.2, 0.25) is 0 Å². The number of ether oxygens (including phenoxy) is 1. The molecule has 10 nitrogen and oxygen atoms in total. The number of carbonyl (C=O) groups is 1. The molecule has 3 aromatic heterocycles. The number of hydrogen-bond acceptors (Lipinski definition) is 8. The lowest BCUT2D eigenvalue weighted by Gasteiger charge is -2.06. The highest BCUT2D eigenvalue weighted by Crippen LogP contribution is 2.22. The number of nitrogens with one attached hydrogen (secondary N) is 1. The van der Waals surface area contributed by atoms with Crippen LogP contribution < -0.4 is 10.4 Å². The third kappa shape index (κ3) is 3.88. The molecule has 3 rings (SSSR count). The molecule has 0 aromatic carbocycles. The van der Waals surface area contributed by atoms with Crippen LogP contribution in [-0.2, 0) is 28.4 Å². The zero-order valence-electron chi connectivity index (χ0n) is 15.0. The van der Waals surface area contributed by atoms with Crippen LogP contribution in [0.25, 0.3) is 11.5 Å². The lowest BCUT2D eigenvalue weighted by Crippen LogP contribution is -2.32. The molecule has 0 bridgehead atoms. The minimum absolute atomic E-state index is 0.0103. The van der Waals surface area contributed by atoms with E-state index in [-0.39, 0.29) is 22.9 Å². The predicted molar refractivity (Wildman–Crippen MR) is 102 cm³/mol. The molecule has 0 fully saturated rings. The van der Waals surface area contributed by atoms with Crippen LogP contribution >= 0.6 is 11.3 Å². The van der Waals surface area contributed by atoms with Crippen LogP contribution in [0.3, 0.4) is 0 Å². The van der Waals surface area contributed by atoms with Gasteiger partial charge in [0.2, 0.25) is 10.0 Å². The SMILES string of the molecule is COC(=O)c1sccc1S(=O)(=O)NCCn1nc(-c2ccccn2)n(C)c1=O. The molecule has 28 heavy (non-hydrogen) atoms. The summed E-state index contributed by atoms with van der Waals surface area (Å²) in [7, 11) is -1.20. The maximum atomic E-state index is 12.5. The van der Waals surface area contributed by atoms with Crippen molar-refractivity contribution in [2.45, 2.75) is 11.4 Å². The summed E-state index contributed by atoms with van der Waals surface area (Å²) in [6.07, 6.45) is 1.59. The Bertz CT molecular complexity index is 1150. The van der Waals surface area contributed by atoms with E-state index >= 15 is 0 Å². The summed E-state index contributed by atoms with van der Waals surface area (Å²) in [5.74, 6) is -0.351. The van der Waals surface area contributed by atoms with Crippen molar-refractivity contribution in [1.29, 1.82) is 0 Å². The molecule has 0 spiro atoms. The summed E-state index contributed by atoms with van der Waals surface area (Å²) in [6.45, 7) is -0.0756. The van der Waals surface area contributed by atoms with E-state index in [2.05, 4.69) is 19.5 Å². The van der Waals surface area contributed by atoms with Crippen molar-refractivity contribution in [2.75, 3.05) is 13.7 Å². The van der Waals surface area contributed by atoms with E-state index in [4.69, 9.17) is 0 Å². The molecule has 148 valence electrons. The summed E-state index contributed by atoms with van der Waals surface area (Å²) >= 11 is 0.973. The molecule has 12 heteroatoms. The van der Waals surface area contributed by atoms with E-state index in [0.717, 1.165) is 16.0 Å². The quantitative estimate of drug-likeness (QED) is 0.548. The predicted octanol–water partition coefficient (Wildman–Crippen LogP) is 0.470. The van der Waals surface area contributed by atoms with Crippen LogP contribution in [0.1, 0.15) is 9.67 Å². The van der Waals surface area contributed by atoms with Gasteiger partial charge in [-0.25, -0.2) is 27.4 Å². The number of esters is 1. The third-order valence-corrected chi connectivity index (χ3v) is 6.37. The highest BCUT2D eigenvalue weighted by Gasteiger charge is 2.24. The van der Waals surface area contributed by atoms with Gasteiger partial charge in [-0.2, -0.15) is 0 Å². The van der Waals surface area contributed by atoms with Gasteiger partial charge >= 0.3 is 11.7 Å². The number of aromatic nitrogens is 4. The molecule has 0 atom stereocenters. The summed E-state index contributed by atoms with van der Waals surface area (Å²) < 4.78 is 34.4. The zero-order valence-corrected chi connectivity index (χ0v) is 16.7. The Hall–Kier alpha value is -2.83. The Morgan fingerprint density at radius 1 is 1.32 bits per heavy atom. The van der Waals surface area contributed by atoms with Crippen LogP contribution in [0.15, 0.2) is 45.5 Å². The molecule has 0 aliphatic carbocycles. The molecule has 0 saturated heterocycles. The number of rotatable bonds is 7. The van der Waals surface area contributed by atoms with E-state index in [0.29, 0.717) is 11.5 Å². The van der Waals surface area contributed by atoms with Crippen molar-refractivity contribution in [3.05, 3.63) is 51.2 Å². The fourth-order valence-corrected chi connectivity index (χ4v) is 4.82. The number of pyridine rings is 1. The van der Waals surface area contributed by atoms with Crippen LogP contribution in [-0.4, -0.2) is 47.4 Å². The lowest BCUT2D eigenvalue weighted by molar-refractivity contribution is 0.0602. The Morgan fingerprint density at radius 3 is 2.79 bits per heavy atom. The first-order valence-corrected chi connectivity index (χ1v) is 10.4. The second kappa shape index (κ2) is 8.04. The second-order valence-electron chi connectivity index (χ2n) is 5.61. The molecular formula is C16H17N5O5S2. The molecule has 0 aliphatic rings. The monoisotopic (exact) mass is 423 g/mol. The molecule has 3 aromatic rings. The van der Waals surface area contributed by atoms with Gasteiger partial charge in [0, 0.05) is 19.8 Å². The Balaban J connectivity index is 1.75. The molecule has 3 heterocycles. The van der Waals surface area contributed by atoms with E-state index < -0.39 is 21.7 Å². The first kappa shape index (κ1) is 19.9. The first-order chi connectivity index (χ1) is 13.3. The lowest BCUT2D eigenvalue weighted by atomic mass is 10.3. The van der Waals surface area contributed by atoms with Gasteiger partial charge in [0.15, 0.2) is 5.82 Å². The van der Waals surface area contributed by atoms with E-state index in [9.17, 15) is 18.0 Å². The molecule has 0 unspecified atom stereocenters. The normalized spacial score (nSPS) is 11.5. The van der Waals surface area contributed by atoms with Gasteiger partial charge in [0.25, 0.3) is 0 Å². The van der Waals surface area contributed by atoms with Crippen molar-refractivity contribution in [3.63, 3.8) is 0 Å². The number of hydrogen-bond donors (Lipinski definition) is 1. The van der Waals surface area contributed by atoms with Crippen molar-refractivity contribution in [3.8, 4) is 11.5 Å². The summed E-state index contributed by atoms with van der Waals surface area (Å²) in [4.78, 5) is 28.0. The number of nitrogens with zero attached hydrogens (tertiary/aromatic N) is 4. The zero-order chi connectivity index (χ0) is 20.3. The summed E-state index contributed by atoms with van der Waals surface area (Å²) in [5, 5.41) is 5.71. The van der Waals surface area contributed by atoms with Crippen molar-refractivity contribution < 1.29 is 17.9 Å². The minimum atomic E-state index is -3.94. The van der Waals surface area contributed by atoms with Crippen molar-refractivity contribution in [1.82, 2.24) is 24.1 Å². The standard InChI is InChI=1S/C16H17N5O5S2/c1-20-14(11-5-3-4-7-17-11)19-21(16(20)23)9-8-18-28(24,25)12-6-10-27-13(12)15(22)26-2/h3-7,10,18H,8-9H2,1-2H3. The van der Waals surface area contributed by atoms with Gasteiger partial charge < -0.3 is 4.74 Å². The average molecular weight is 423 g/mol. The van der Waals surface area contributed by atoms with Crippen molar-refractivity contribution in [2.24, 2.45) is 7.05 Å². The Morgan fingerprint density at radius 2 is 2.11 bits per heavy atom. The van der Waals surface area contributed by atoms with E-state index in [1.807, 2.05) is 0 Å². The largest absolute Gasteiger partial charge is 0.465 e. The fourth-order valence-electron chi connectivity index (χ4n) is 2.47. The smallest absolute Gasteiger partial charge is 0.349 e. The number of methoxy groups -OCH3 is 1. The fraction of sp³-hybridized carbons (Fsp3) is 0.250. The number of thiophene rings is 1. The Labute approximate surface area is 164 Å². The maximum absolute atomic E-state index is 12.5. The van der Waals surface area contributed by atoms with Gasteiger partial charge in [0.1, 0.15) is 15.5 Å². The van der Waals surface area contributed by atoms with E-state index in [1.165, 1.54) is 23.1 Å². The van der Waals surface area contributed by atoms with Crippen LogP contribution in [0.4, 0.5) is 0 Å². The van der Waals surface area contributed by atoms with Gasteiger partial charge in [0.05, 0.1) is 13.7 Å². The molecule has 0 amide bonds. The number of carbonyl (C=O) groups excluding carboxylic acids is 1. The second-order valence-corrected chi connectivity index (χ2v) is 8.26. The molecule has 0 radical (unpaired) electrons. The van der Waals surface area contributed by atoms with Gasteiger partial charge in [-0.15, -0.1) is 16.4 Å². The van der Waals surface area contributed by atoms with E-state index in [1.54, 1.807) is 31.4 Å². The van der Waals surface area contributed by atoms with Gasteiger partial charge in [-0.3, -0.25) is 9.55 Å². The minimum Gasteiger partial charge on any atom is -0.465 e. The van der Waals surface area contributed by atoms with Gasteiger partial charge in [-0.1, -0.05) is 6.07 Å². The first-order valence-electron chi connectivity index (χ1n) is 8.06. The molecular weight excluding hydrogens is 406 g/mol. The highest BCUT2D eigenvalue weighted by molar-refractivity contribution is 7.89. The Kier molecular flexibility index (Phi) is 5.72. The van der Waals surface area contributed by atoms with Crippen molar-refractivity contribution >= 4 is 27.3 Å².